The van der Waals surface area contributed by atoms with Crippen molar-refractivity contribution in [1.29, 1.82) is 0 Å². The molecule has 1 spiro atoms. The number of aromatic nitrogens is 5. The third kappa shape index (κ3) is 2.63. The maximum Gasteiger partial charge on any atom is 0.257 e. The molecule has 0 aromatic carbocycles. The Balaban J connectivity index is 1.65. The molecule has 2 saturated heterocycles. The van der Waals surface area contributed by atoms with E-state index < -0.39 is 0 Å². The van der Waals surface area contributed by atoms with Gasteiger partial charge in [-0.15, -0.1) is 10.2 Å². The second-order valence-electron chi connectivity index (χ2n) is 7.47. The van der Waals surface area contributed by atoms with E-state index in [1.165, 1.54) is 0 Å². The number of hydrogen-bond donors (Lipinski definition) is 0. The van der Waals surface area contributed by atoms with E-state index in [-0.39, 0.29) is 17.2 Å². The van der Waals surface area contributed by atoms with Crippen LogP contribution in [0.2, 0.25) is 0 Å². The van der Waals surface area contributed by atoms with Gasteiger partial charge in [-0.25, -0.2) is 0 Å². The van der Waals surface area contributed by atoms with Gasteiger partial charge in [-0.05, 0) is 26.7 Å². The zero-order valence-corrected chi connectivity index (χ0v) is 15.7. The van der Waals surface area contributed by atoms with E-state index in [9.17, 15) is 4.79 Å². The molecule has 2 fully saturated rings. The van der Waals surface area contributed by atoms with Gasteiger partial charge in [-0.1, -0.05) is 0 Å². The number of carbonyl (C=O) groups excluding carboxylic acids is 1. The maximum atomic E-state index is 13.2. The van der Waals surface area contributed by atoms with E-state index in [0.717, 1.165) is 50.7 Å². The van der Waals surface area contributed by atoms with Gasteiger partial charge in [0, 0.05) is 56.9 Å². The molecule has 4 rings (SSSR count). The number of hydrogen-bond acceptors (Lipinski definition) is 5. The first-order valence-electron chi connectivity index (χ1n) is 9.29. The minimum Gasteiger partial charge on any atom is -0.381 e. The zero-order chi connectivity index (χ0) is 18.3. The molecule has 0 N–H and O–H groups in total. The summed E-state index contributed by atoms with van der Waals surface area (Å²) >= 11 is 0. The second kappa shape index (κ2) is 6.50. The summed E-state index contributed by atoms with van der Waals surface area (Å²) in [6.45, 7) is 7.65. The van der Waals surface area contributed by atoms with E-state index in [1.807, 2.05) is 35.0 Å². The highest BCUT2D eigenvalue weighted by molar-refractivity contribution is 5.95. The van der Waals surface area contributed by atoms with Crippen LogP contribution in [0.4, 0.5) is 0 Å². The van der Waals surface area contributed by atoms with E-state index in [1.54, 1.807) is 12.5 Å². The smallest absolute Gasteiger partial charge is 0.257 e. The quantitative estimate of drug-likeness (QED) is 0.828. The highest BCUT2D eigenvalue weighted by Crippen LogP contribution is 2.49. The Labute approximate surface area is 153 Å². The second-order valence-corrected chi connectivity index (χ2v) is 7.47. The van der Waals surface area contributed by atoms with Crippen molar-refractivity contribution in [3.05, 3.63) is 29.6 Å². The van der Waals surface area contributed by atoms with Crippen LogP contribution in [0.25, 0.3) is 0 Å². The van der Waals surface area contributed by atoms with Gasteiger partial charge in [0.05, 0.1) is 11.8 Å². The highest BCUT2D eigenvalue weighted by atomic mass is 16.5. The number of amides is 1. The first kappa shape index (κ1) is 17.2. The van der Waals surface area contributed by atoms with Crippen LogP contribution in [-0.2, 0) is 18.3 Å². The fourth-order valence-corrected chi connectivity index (χ4v) is 4.52. The molecule has 140 valence electrons. The van der Waals surface area contributed by atoms with Gasteiger partial charge >= 0.3 is 0 Å². The molecule has 1 unspecified atom stereocenters. The van der Waals surface area contributed by atoms with Crippen molar-refractivity contribution in [3.63, 3.8) is 0 Å². The summed E-state index contributed by atoms with van der Waals surface area (Å²) < 4.78 is 9.46. The van der Waals surface area contributed by atoms with Crippen LogP contribution >= 0.6 is 0 Å². The summed E-state index contributed by atoms with van der Waals surface area (Å²) in [5.74, 6) is 1.21. The number of carbonyl (C=O) groups is 1. The van der Waals surface area contributed by atoms with Crippen molar-refractivity contribution < 1.29 is 9.53 Å². The predicted molar refractivity (Wildman–Crippen MR) is 94.8 cm³/mol. The normalized spacial score (nSPS) is 22.3. The molecule has 2 aliphatic rings. The molecule has 8 heteroatoms. The van der Waals surface area contributed by atoms with E-state index >= 15 is 0 Å². The molecule has 2 aromatic rings. The Kier molecular flexibility index (Phi) is 4.30. The molecule has 4 heterocycles. The molecule has 2 aromatic heterocycles. The van der Waals surface area contributed by atoms with Gasteiger partial charge in [0.1, 0.15) is 12.2 Å². The molecule has 0 radical (unpaired) electrons. The van der Waals surface area contributed by atoms with E-state index in [2.05, 4.69) is 15.3 Å². The van der Waals surface area contributed by atoms with Crippen LogP contribution < -0.4 is 0 Å². The van der Waals surface area contributed by atoms with Gasteiger partial charge in [0.2, 0.25) is 0 Å². The predicted octanol–water partition coefficient (Wildman–Crippen LogP) is 1.38. The summed E-state index contributed by atoms with van der Waals surface area (Å²) in [6, 6.07) is 0. The van der Waals surface area contributed by atoms with E-state index in [0.29, 0.717) is 12.1 Å². The molecule has 0 aliphatic carbocycles. The lowest BCUT2D eigenvalue weighted by atomic mass is 9.72. The molecular formula is C18H26N6O2. The fourth-order valence-electron chi connectivity index (χ4n) is 4.52. The van der Waals surface area contributed by atoms with Crippen LogP contribution in [-0.4, -0.2) is 61.7 Å². The van der Waals surface area contributed by atoms with Crippen molar-refractivity contribution in [2.24, 2.45) is 12.5 Å². The van der Waals surface area contributed by atoms with Gasteiger partial charge in [0.25, 0.3) is 5.91 Å². The van der Waals surface area contributed by atoms with Gasteiger partial charge in [-0.3, -0.25) is 9.48 Å². The number of rotatable bonds is 3. The number of ether oxygens (including phenoxy) is 1. The fraction of sp³-hybridized carbons (Fsp3) is 0.667. The Bertz CT molecular complexity index is 804. The lowest BCUT2D eigenvalue weighted by molar-refractivity contribution is 0.0108. The third-order valence-corrected chi connectivity index (χ3v) is 6.11. The maximum absolute atomic E-state index is 13.2. The molecule has 0 saturated carbocycles. The Morgan fingerprint density at radius 1 is 1.38 bits per heavy atom. The average molecular weight is 358 g/mol. The van der Waals surface area contributed by atoms with Crippen molar-refractivity contribution in [3.8, 4) is 0 Å². The first-order valence-corrected chi connectivity index (χ1v) is 9.29. The molecular weight excluding hydrogens is 332 g/mol. The molecule has 26 heavy (non-hydrogen) atoms. The molecule has 0 bridgehead atoms. The minimum atomic E-state index is 0.0172. The summed E-state index contributed by atoms with van der Waals surface area (Å²) in [5, 5.41) is 12.8. The minimum absolute atomic E-state index is 0.0172. The molecule has 8 nitrogen and oxygen atoms in total. The Morgan fingerprint density at radius 3 is 2.77 bits per heavy atom. The van der Waals surface area contributed by atoms with Crippen LogP contribution in [0.5, 0.6) is 0 Å². The van der Waals surface area contributed by atoms with Crippen molar-refractivity contribution >= 4 is 5.91 Å². The van der Waals surface area contributed by atoms with Gasteiger partial charge < -0.3 is 14.2 Å². The van der Waals surface area contributed by atoms with Gasteiger partial charge in [-0.2, -0.15) is 5.10 Å². The largest absolute Gasteiger partial charge is 0.381 e. The monoisotopic (exact) mass is 358 g/mol. The summed E-state index contributed by atoms with van der Waals surface area (Å²) in [7, 11) is 1.97. The topological polar surface area (TPSA) is 78.1 Å². The summed E-state index contributed by atoms with van der Waals surface area (Å²) in [6.07, 6.45) is 5.33. The lowest BCUT2D eigenvalue weighted by Crippen LogP contribution is -2.37. The Hall–Kier alpha value is -2.22. The summed E-state index contributed by atoms with van der Waals surface area (Å²) in [5.41, 5.74) is 1.65. The average Bonchev–Trinajstić information content (AvgIpc) is 3.32. The molecule has 1 amide bonds. The molecule has 2 aliphatic heterocycles. The van der Waals surface area contributed by atoms with Crippen LogP contribution in [0.15, 0.2) is 12.5 Å². The van der Waals surface area contributed by atoms with Gasteiger partial charge in [0.15, 0.2) is 0 Å². The van der Waals surface area contributed by atoms with Crippen LogP contribution in [0.1, 0.15) is 47.6 Å². The first-order chi connectivity index (χ1) is 12.6. The van der Waals surface area contributed by atoms with Crippen LogP contribution in [0, 0.1) is 12.3 Å². The lowest BCUT2D eigenvalue weighted by Gasteiger charge is -2.37. The summed E-state index contributed by atoms with van der Waals surface area (Å²) in [4.78, 5) is 15.2. The van der Waals surface area contributed by atoms with Crippen molar-refractivity contribution in [2.45, 2.75) is 39.2 Å². The zero-order valence-electron chi connectivity index (χ0n) is 15.7. The molecule has 1 atom stereocenters. The standard InChI is InChI=1S/C18H26N6O2/c1-4-24-13(2)14(9-20-24)17(25)23-10-15(16-21-19-12-22(16)3)18(11-23)5-7-26-8-6-18/h9,12,15H,4-8,10-11H2,1-3H3. The number of nitrogens with zero attached hydrogens (tertiary/aromatic N) is 6. The van der Waals surface area contributed by atoms with Crippen LogP contribution in [0.3, 0.4) is 0 Å². The number of likely N-dealkylation sites (tertiary alicyclic amines) is 1. The number of aryl methyl sites for hydroxylation is 2. The van der Waals surface area contributed by atoms with Crippen molar-refractivity contribution in [1.82, 2.24) is 29.4 Å². The van der Waals surface area contributed by atoms with E-state index in [4.69, 9.17) is 4.74 Å². The SMILES string of the molecule is CCn1ncc(C(=O)N2CC(c3nncn3C)C3(CCOCC3)C2)c1C. The van der Waals surface area contributed by atoms with Crippen molar-refractivity contribution in [2.75, 3.05) is 26.3 Å². The Morgan fingerprint density at radius 2 is 2.15 bits per heavy atom. The third-order valence-electron chi connectivity index (χ3n) is 6.11. The highest BCUT2D eigenvalue weighted by Gasteiger charge is 2.51.